The molecule has 1 aliphatic rings. The van der Waals surface area contributed by atoms with Gasteiger partial charge in [0.25, 0.3) is 0 Å². The van der Waals surface area contributed by atoms with Gasteiger partial charge in [-0.05, 0) is 18.2 Å². The number of aldehydes is 1. The number of anilines is 1. The Hall–Kier alpha value is -1.27. The number of hydrogen-bond acceptors (Lipinski definition) is 3. The second kappa shape index (κ2) is 6.01. The third-order valence-corrected chi connectivity index (χ3v) is 3.53. The molecule has 0 atom stereocenters. The van der Waals surface area contributed by atoms with Crippen LogP contribution in [0, 0.1) is 0 Å². The van der Waals surface area contributed by atoms with Gasteiger partial charge in [0.05, 0.1) is 17.3 Å². The molecule has 1 aromatic rings. The molecule has 7 heteroatoms. The first-order chi connectivity index (χ1) is 9.39. The van der Waals surface area contributed by atoms with Gasteiger partial charge in [-0.15, -0.1) is 0 Å². The summed E-state index contributed by atoms with van der Waals surface area (Å²) in [6.45, 7) is 0.766. The molecular weight excluding hydrogens is 293 g/mol. The van der Waals surface area contributed by atoms with Crippen molar-refractivity contribution in [1.82, 2.24) is 4.90 Å². The number of piperazine rings is 1. The van der Waals surface area contributed by atoms with Crippen LogP contribution in [0.25, 0.3) is 0 Å². The van der Waals surface area contributed by atoms with Gasteiger partial charge in [0.1, 0.15) is 6.29 Å². The summed E-state index contributed by atoms with van der Waals surface area (Å²) in [7, 11) is 0. The summed E-state index contributed by atoms with van der Waals surface area (Å²) >= 11 is 6.09. The molecule has 110 valence electrons. The van der Waals surface area contributed by atoms with Gasteiger partial charge in [0, 0.05) is 31.7 Å². The fourth-order valence-corrected chi connectivity index (χ4v) is 2.56. The van der Waals surface area contributed by atoms with Gasteiger partial charge in [-0.3, -0.25) is 9.69 Å². The smallest absolute Gasteiger partial charge is 0.368 e. The van der Waals surface area contributed by atoms with Gasteiger partial charge >= 0.3 is 6.18 Å². The normalized spacial score (nSPS) is 17.3. The van der Waals surface area contributed by atoms with E-state index >= 15 is 0 Å². The van der Waals surface area contributed by atoms with Crippen LogP contribution in [-0.4, -0.2) is 50.1 Å². The Bertz CT molecular complexity index is 485. The monoisotopic (exact) mass is 306 g/mol. The molecule has 0 radical (unpaired) electrons. The predicted octanol–water partition coefficient (Wildman–Crippen LogP) is 2.84. The van der Waals surface area contributed by atoms with Crippen LogP contribution in [0.3, 0.4) is 0 Å². The van der Waals surface area contributed by atoms with Crippen LogP contribution in [0.4, 0.5) is 18.9 Å². The largest absolute Gasteiger partial charge is 0.401 e. The van der Waals surface area contributed by atoms with E-state index in [2.05, 4.69) is 0 Å². The first-order valence-corrected chi connectivity index (χ1v) is 6.55. The maximum absolute atomic E-state index is 12.3. The Kier molecular flexibility index (Phi) is 4.55. The van der Waals surface area contributed by atoms with E-state index in [1.807, 2.05) is 4.90 Å². The van der Waals surface area contributed by atoms with Gasteiger partial charge in [0.15, 0.2) is 0 Å². The lowest BCUT2D eigenvalue weighted by Gasteiger charge is -2.36. The highest BCUT2D eigenvalue weighted by Crippen LogP contribution is 2.28. The van der Waals surface area contributed by atoms with E-state index in [1.165, 1.54) is 4.90 Å². The van der Waals surface area contributed by atoms with Crippen molar-refractivity contribution >= 4 is 23.6 Å². The second-order valence-electron chi connectivity index (χ2n) is 4.71. The minimum absolute atomic E-state index is 0.339. The van der Waals surface area contributed by atoms with Crippen molar-refractivity contribution in [3.05, 3.63) is 28.8 Å². The van der Waals surface area contributed by atoms with Crippen molar-refractivity contribution in [2.75, 3.05) is 37.6 Å². The van der Waals surface area contributed by atoms with Crippen LogP contribution in [-0.2, 0) is 0 Å². The lowest BCUT2D eigenvalue weighted by Crippen LogP contribution is -2.49. The van der Waals surface area contributed by atoms with Crippen LogP contribution in [0.15, 0.2) is 18.2 Å². The van der Waals surface area contributed by atoms with Gasteiger partial charge in [-0.2, -0.15) is 13.2 Å². The number of alkyl halides is 3. The number of benzene rings is 1. The zero-order valence-electron chi connectivity index (χ0n) is 10.7. The highest BCUT2D eigenvalue weighted by molar-refractivity contribution is 6.33. The molecule has 0 bridgehead atoms. The second-order valence-corrected chi connectivity index (χ2v) is 5.11. The lowest BCUT2D eigenvalue weighted by atomic mass is 10.2. The number of carbonyl (C=O) groups excluding carboxylic acids is 1. The van der Waals surface area contributed by atoms with Crippen molar-refractivity contribution in [1.29, 1.82) is 0 Å². The summed E-state index contributed by atoms with van der Waals surface area (Å²) < 4.78 is 36.9. The van der Waals surface area contributed by atoms with E-state index in [-0.39, 0.29) is 0 Å². The van der Waals surface area contributed by atoms with E-state index in [4.69, 9.17) is 11.6 Å². The molecule has 1 aliphatic heterocycles. The minimum Gasteiger partial charge on any atom is -0.368 e. The van der Waals surface area contributed by atoms with Crippen molar-refractivity contribution in [2.24, 2.45) is 0 Å². The summed E-state index contributed by atoms with van der Waals surface area (Å²) in [5.41, 5.74) is 1.23. The fourth-order valence-electron chi connectivity index (χ4n) is 2.25. The molecule has 1 aromatic carbocycles. The number of nitrogens with zero attached hydrogens (tertiary/aromatic N) is 2. The highest BCUT2D eigenvalue weighted by Gasteiger charge is 2.32. The van der Waals surface area contributed by atoms with Crippen LogP contribution in [0.5, 0.6) is 0 Å². The Morgan fingerprint density at radius 3 is 2.35 bits per heavy atom. The number of carbonyl (C=O) groups is 1. The Morgan fingerprint density at radius 2 is 1.85 bits per heavy atom. The van der Waals surface area contributed by atoms with Crippen LogP contribution >= 0.6 is 11.6 Å². The zero-order valence-corrected chi connectivity index (χ0v) is 11.4. The van der Waals surface area contributed by atoms with Gasteiger partial charge in [-0.1, -0.05) is 11.6 Å². The maximum atomic E-state index is 12.3. The first kappa shape index (κ1) is 15.1. The molecule has 2 rings (SSSR count). The topological polar surface area (TPSA) is 23.6 Å². The first-order valence-electron chi connectivity index (χ1n) is 6.18. The molecular formula is C13H14ClF3N2O. The quantitative estimate of drug-likeness (QED) is 0.802. The van der Waals surface area contributed by atoms with Gasteiger partial charge in [0.2, 0.25) is 0 Å². The zero-order chi connectivity index (χ0) is 14.8. The van der Waals surface area contributed by atoms with Crippen molar-refractivity contribution in [2.45, 2.75) is 6.18 Å². The molecule has 0 aromatic heterocycles. The van der Waals surface area contributed by atoms with E-state index < -0.39 is 12.7 Å². The Morgan fingerprint density at radius 1 is 1.20 bits per heavy atom. The molecule has 0 saturated carbocycles. The molecule has 1 saturated heterocycles. The van der Waals surface area contributed by atoms with E-state index in [0.717, 1.165) is 5.69 Å². The SMILES string of the molecule is O=Cc1ccc(N2CCN(CC(F)(F)F)CC2)c(Cl)c1. The number of rotatable bonds is 3. The predicted molar refractivity (Wildman–Crippen MR) is 71.5 cm³/mol. The van der Waals surface area contributed by atoms with E-state index in [9.17, 15) is 18.0 Å². The van der Waals surface area contributed by atoms with Crippen LogP contribution in [0.1, 0.15) is 10.4 Å². The average Bonchev–Trinajstić information content (AvgIpc) is 2.38. The van der Waals surface area contributed by atoms with Gasteiger partial charge in [-0.25, -0.2) is 0 Å². The van der Waals surface area contributed by atoms with E-state index in [0.29, 0.717) is 43.1 Å². The molecule has 20 heavy (non-hydrogen) atoms. The van der Waals surface area contributed by atoms with Crippen LogP contribution in [0.2, 0.25) is 5.02 Å². The number of halogens is 4. The average molecular weight is 307 g/mol. The maximum Gasteiger partial charge on any atom is 0.401 e. The lowest BCUT2D eigenvalue weighted by molar-refractivity contribution is -0.146. The summed E-state index contributed by atoms with van der Waals surface area (Å²) in [6, 6.07) is 4.94. The third kappa shape index (κ3) is 3.86. The molecule has 0 spiro atoms. The molecule has 0 aliphatic carbocycles. The minimum atomic E-state index is -4.16. The van der Waals surface area contributed by atoms with Crippen molar-refractivity contribution < 1.29 is 18.0 Å². The summed E-state index contributed by atoms with van der Waals surface area (Å²) in [5.74, 6) is 0. The van der Waals surface area contributed by atoms with Crippen molar-refractivity contribution in [3.63, 3.8) is 0 Å². The van der Waals surface area contributed by atoms with Crippen LogP contribution < -0.4 is 4.90 Å². The molecule has 1 heterocycles. The summed E-state index contributed by atoms with van der Waals surface area (Å²) in [6.07, 6.45) is -3.46. The molecule has 1 fully saturated rings. The van der Waals surface area contributed by atoms with E-state index in [1.54, 1.807) is 18.2 Å². The van der Waals surface area contributed by atoms with Crippen molar-refractivity contribution in [3.8, 4) is 0 Å². The summed E-state index contributed by atoms with van der Waals surface area (Å²) in [4.78, 5) is 14.0. The Labute approximate surface area is 119 Å². The summed E-state index contributed by atoms with van der Waals surface area (Å²) in [5, 5.41) is 0.443. The highest BCUT2D eigenvalue weighted by atomic mass is 35.5. The third-order valence-electron chi connectivity index (χ3n) is 3.22. The molecule has 0 unspecified atom stereocenters. The number of hydrogen-bond donors (Lipinski definition) is 0. The Balaban J connectivity index is 1.98. The molecule has 0 N–H and O–H groups in total. The molecule has 0 amide bonds. The van der Waals surface area contributed by atoms with Gasteiger partial charge < -0.3 is 4.90 Å². The fraction of sp³-hybridized carbons (Fsp3) is 0.462. The standard InChI is InChI=1S/C13H14ClF3N2O/c14-11-7-10(8-20)1-2-12(11)19-5-3-18(4-6-19)9-13(15,16)17/h1-2,7-8H,3-6,9H2. The molecule has 3 nitrogen and oxygen atoms in total.